The second kappa shape index (κ2) is 12.5. The van der Waals surface area contributed by atoms with Gasteiger partial charge in [0, 0.05) is 23.7 Å². The lowest BCUT2D eigenvalue weighted by atomic mass is 9.81. The van der Waals surface area contributed by atoms with Gasteiger partial charge in [-0.15, -0.1) is 0 Å². The molecule has 194 valence electrons. The second-order valence-corrected chi connectivity index (χ2v) is 8.98. The van der Waals surface area contributed by atoms with Gasteiger partial charge < -0.3 is 30.7 Å². The zero-order chi connectivity index (χ0) is 26.1. The molecule has 0 unspecified atom stereocenters. The number of hydrogen-bond acceptors (Lipinski definition) is 6. The van der Waals surface area contributed by atoms with Gasteiger partial charge in [0.15, 0.2) is 6.61 Å². The van der Waals surface area contributed by atoms with Gasteiger partial charge in [0.1, 0.15) is 11.6 Å². The van der Waals surface area contributed by atoms with E-state index in [1.54, 1.807) is 36.1 Å². The number of rotatable bonds is 10. The number of nitrogens with zero attached hydrogens (tertiary/aromatic N) is 1. The maximum Gasteiger partial charge on any atom is 0.319 e. The van der Waals surface area contributed by atoms with Gasteiger partial charge in [-0.2, -0.15) is 0 Å². The van der Waals surface area contributed by atoms with Crippen molar-refractivity contribution >= 4 is 35.2 Å². The molecule has 1 saturated heterocycles. The number of piperidine rings is 1. The highest BCUT2D eigenvalue weighted by Gasteiger charge is 2.36. The first-order valence-electron chi connectivity index (χ1n) is 11.6. The maximum atomic E-state index is 13.4. The van der Waals surface area contributed by atoms with E-state index in [9.17, 15) is 18.8 Å². The number of benzene rings is 2. The molecule has 0 atom stereocenters. The van der Waals surface area contributed by atoms with Gasteiger partial charge in [0.05, 0.1) is 18.8 Å². The molecule has 3 rings (SSSR count). The largest absolute Gasteiger partial charge is 0.482 e. The van der Waals surface area contributed by atoms with E-state index in [2.05, 4.69) is 10.6 Å². The fourth-order valence-corrected chi connectivity index (χ4v) is 4.33. The molecule has 0 radical (unpaired) electrons. The van der Waals surface area contributed by atoms with E-state index in [1.165, 1.54) is 18.2 Å². The molecule has 1 heterocycles. The van der Waals surface area contributed by atoms with Crippen molar-refractivity contribution in [2.75, 3.05) is 38.2 Å². The zero-order valence-electron chi connectivity index (χ0n) is 20.0. The van der Waals surface area contributed by atoms with Crippen molar-refractivity contribution in [3.63, 3.8) is 0 Å². The molecule has 1 fully saturated rings. The molecule has 0 spiro atoms. The van der Waals surface area contributed by atoms with Gasteiger partial charge in [0.25, 0.3) is 5.91 Å². The van der Waals surface area contributed by atoms with Crippen LogP contribution in [-0.2, 0) is 20.7 Å². The van der Waals surface area contributed by atoms with E-state index in [0.29, 0.717) is 37.4 Å². The highest BCUT2D eigenvalue weighted by Crippen LogP contribution is 2.29. The fraction of sp³-hybridized carbons (Fsp3) is 0.400. The van der Waals surface area contributed by atoms with Crippen LogP contribution in [0.5, 0.6) is 5.75 Å². The number of likely N-dealkylation sites (tertiary alicyclic amines) is 1. The molecule has 2 aromatic carbocycles. The number of amides is 3. The number of halogens is 2. The van der Waals surface area contributed by atoms with Crippen molar-refractivity contribution in [2.45, 2.75) is 31.7 Å². The first kappa shape index (κ1) is 27.2. The Kier molecular flexibility index (Phi) is 9.49. The third-order valence-electron chi connectivity index (χ3n) is 5.99. The average Bonchev–Trinajstić information content (AvgIpc) is 2.84. The van der Waals surface area contributed by atoms with Gasteiger partial charge in [-0.25, -0.2) is 9.18 Å². The van der Waals surface area contributed by atoms with Gasteiger partial charge in [-0.3, -0.25) is 9.59 Å². The normalized spacial score (nSPS) is 14.7. The predicted octanol–water partition coefficient (Wildman–Crippen LogP) is 3.11. The Morgan fingerprint density at radius 1 is 1.14 bits per heavy atom. The van der Waals surface area contributed by atoms with E-state index in [4.69, 9.17) is 26.8 Å². The lowest BCUT2D eigenvalue weighted by molar-refractivity contribution is -0.143. The fourth-order valence-electron chi connectivity index (χ4n) is 4.15. The van der Waals surface area contributed by atoms with Crippen LogP contribution in [0.15, 0.2) is 42.5 Å². The minimum Gasteiger partial charge on any atom is -0.482 e. The molecule has 0 bridgehead atoms. The summed E-state index contributed by atoms with van der Waals surface area (Å²) in [5.74, 6) is -0.630. The Bertz CT molecular complexity index is 1070. The van der Waals surface area contributed by atoms with E-state index < -0.39 is 11.6 Å². The van der Waals surface area contributed by atoms with E-state index in [-0.39, 0.29) is 48.9 Å². The number of ether oxygens (including phenoxy) is 2. The number of carbonyl (C=O) groups is 3. The summed E-state index contributed by atoms with van der Waals surface area (Å²) in [5.41, 5.74) is 5.92. The van der Waals surface area contributed by atoms with E-state index >= 15 is 0 Å². The van der Waals surface area contributed by atoms with Gasteiger partial charge in [-0.1, -0.05) is 23.7 Å². The molecule has 2 aromatic rings. The third-order valence-corrected chi connectivity index (χ3v) is 6.23. The first-order chi connectivity index (χ1) is 17.2. The molecular weight excluding hydrogens is 491 g/mol. The van der Waals surface area contributed by atoms with Crippen molar-refractivity contribution in [3.05, 3.63) is 58.9 Å². The summed E-state index contributed by atoms with van der Waals surface area (Å²) in [7, 11) is 0. The Balaban J connectivity index is 1.62. The molecule has 3 amide bonds. The van der Waals surface area contributed by atoms with Crippen LogP contribution >= 0.6 is 11.6 Å². The smallest absolute Gasteiger partial charge is 0.319 e. The summed E-state index contributed by atoms with van der Waals surface area (Å²) < 4.78 is 24.1. The number of esters is 1. The van der Waals surface area contributed by atoms with Crippen LogP contribution < -0.4 is 21.1 Å². The Hall–Kier alpha value is -3.37. The molecule has 36 heavy (non-hydrogen) atoms. The molecule has 0 aliphatic carbocycles. The number of anilines is 1. The van der Waals surface area contributed by atoms with Crippen LogP contribution in [0.4, 0.5) is 14.9 Å². The number of primary amides is 1. The number of hydrogen-bond donors (Lipinski definition) is 3. The van der Waals surface area contributed by atoms with Crippen LogP contribution in [0.3, 0.4) is 0 Å². The third kappa shape index (κ3) is 7.82. The van der Waals surface area contributed by atoms with Gasteiger partial charge in [0.2, 0.25) is 0 Å². The van der Waals surface area contributed by atoms with Crippen molar-refractivity contribution in [1.29, 1.82) is 0 Å². The summed E-state index contributed by atoms with van der Waals surface area (Å²) in [6, 6.07) is 10.1. The first-order valence-corrected chi connectivity index (χ1v) is 12.0. The monoisotopic (exact) mass is 520 g/mol. The second-order valence-electron chi connectivity index (χ2n) is 8.54. The quantitative estimate of drug-likeness (QED) is 0.414. The zero-order valence-corrected chi connectivity index (χ0v) is 20.8. The summed E-state index contributed by atoms with van der Waals surface area (Å²) >= 11 is 5.96. The molecule has 4 N–H and O–H groups in total. The Morgan fingerprint density at radius 3 is 2.47 bits per heavy atom. The maximum absolute atomic E-state index is 13.4. The lowest BCUT2D eigenvalue weighted by Crippen LogP contribution is -2.57. The minimum atomic E-state index is -0.780. The highest BCUT2D eigenvalue weighted by molar-refractivity contribution is 6.31. The highest BCUT2D eigenvalue weighted by atomic mass is 35.5. The molecule has 0 saturated carbocycles. The summed E-state index contributed by atoms with van der Waals surface area (Å²) in [4.78, 5) is 37.8. The number of nitrogens with one attached hydrogen (secondary N) is 2. The molecular formula is C25H30ClFN4O5. The van der Waals surface area contributed by atoms with Crippen molar-refractivity contribution in [1.82, 2.24) is 10.2 Å². The minimum absolute atomic E-state index is 0.0400. The van der Waals surface area contributed by atoms with Crippen LogP contribution in [0.2, 0.25) is 5.02 Å². The predicted molar refractivity (Wildman–Crippen MR) is 133 cm³/mol. The molecule has 0 aromatic heterocycles. The Morgan fingerprint density at radius 2 is 1.83 bits per heavy atom. The summed E-state index contributed by atoms with van der Waals surface area (Å²) in [6.45, 7) is 2.71. The lowest BCUT2D eigenvalue weighted by Gasteiger charge is -2.42. The van der Waals surface area contributed by atoms with Gasteiger partial charge in [-0.05, 0) is 62.1 Å². The van der Waals surface area contributed by atoms with Crippen molar-refractivity contribution in [2.24, 2.45) is 5.73 Å². The summed E-state index contributed by atoms with van der Waals surface area (Å²) in [6.07, 6.45) is 1.72. The van der Waals surface area contributed by atoms with E-state index in [1.807, 2.05) is 0 Å². The van der Waals surface area contributed by atoms with Crippen LogP contribution in [-0.4, -0.2) is 61.2 Å². The molecule has 11 heteroatoms. The summed E-state index contributed by atoms with van der Waals surface area (Å²) in [5, 5.41) is 6.13. The van der Waals surface area contributed by atoms with Crippen molar-refractivity contribution < 1.29 is 28.2 Å². The number of nitrogens with two attached hydrogens (primary N) is 1. The SMILES string of the molecule is CCOC(=O)CNC1(Cc2ccc(F)cc2)CCN(C(=O)COc2ccc(Cl)cc2NC(N)=O)CC1. The Labute approximate surface area is 214 Å². The van der Waals surface area contributed by atoms with Crippen LogP contribution in [0, 0.1) is 5.82 Å². The average molecular weight is 521 g/mol. The molecule has 1 aliphatic heterocycles. The topological polar surface area (TPSA) is 123 Å². The molecule has 1 aliphatic rings. The number of carbonyl (C=O) groups excluding carboxylic acids is 3. The van der Waals surface area contributed by atoms with Crippen molar-refractivity contribution in [3.8, 4) is 5.75 Å². The van der Waals surface area contributed by atoms with Gasteiger partial charge >= 0.3 is 12.0 Å². The van der Waals surface area contributed by atoms with Crippen LogP contribution in [0.1, 0.15) is 25.3 Å². The standard InChI is InChI=1S/C25H30ClFN4O5/c1-2-35-23(33)15-29-25(14-17-3-6-19(27)7-4-17)9-11-31(12-10-25)22(32)16-36-21-8-5-18(26)13-20(21)30-24(28)34/h3-8,13,29H,2,9-12,14-16H2,1H3,(H3,28,30,34). The number of urea groups is 1. The van der Waals surface area contributed by atoms with Crippen LogP contribution in [0.25, 0.3) is 0 Å². The molecule has 9 nitrogen and oxygen atoms in total. The van der Waals surface area contributed by atoms with E-state index in [0.717, 1.165) is 5.56 Å².